The van der Waals surface area contributed by atoms with E-state index in [0.717, 1.165) is 6.42 Å². The lowest BCUT2D eigenvalue weighted by Gasteiger charge is -2.28. The summed E-state index contributed by atoms with van der Waals surface area (Å²) < 4.78 is 0. The van der Waals surface area contributed by atoms with E-state index in [1.807, 2.05) is 0 Å². The molecule has 2 unspecified atom stereocenters. The summed E-state index contributed by atoms with van der Waals surface area (Å²) in [5.74, 6) is 0. The van der Waals surface area contributed by atoms with E-state index in [4.69, 9.17) is 0 Å². The molecule has 0 aliphatic rings. The molecule has 0 fully saturated rings. The molecule has 2 nitrogen and oxygen atoms in total. The van der Waals surface area contributed by atoms with Crippen LogP contribution in [-0.2, 0) is 0 Å². The minimum absolute atomic E-state index is 0.137. The molecule has 0 spiro atoms. The lowest BCUT2D eigenvalue weighted by atomic mass is 9.88. The number of aliphatic hydroxyl groups is 2. The maximum Gasteiger partial charge on any atom is 0.0782 e. The summed E-state index contributed by atoms with van der Waals surface area (Å²) in [6.07, 6.45) is 0.929. The third-order valence-electron chi connectivity index (χ3n) is 2.34. The van der Waals surface area contributed by atoms with Crippen LogP contribution in [0.1, 0.15) is 33.6 Å². The second kappa shape index (κ2) is 4.77. The Morgan fingerprint density at radius 2 is 1.50 bits per heavy atom. The quantitative estimate of drug-likeness (QED) is 0.712. The Labute approximate surface area is 89.4 Å². The molecule has 0 amide bonds. The third kappa shape index (κ3) is 6.57. The maximum atomic E-state index is 9.85. The summed E-state index contributed by atoms with van der Waals surface area (Å²) >= 11 is 0. The van der Waals surface area contributed by atoms with E-state index in [1.165, 1.54) is 0 Å². The predicted octanol–water partition coefficient (Wildman–Crippen LogP) is 2.41. The molecular formula is C11H26O2Si. The van der Waals surface area contributed by atoms with Crippen LogP contribution in [0.2, 0.25) is 19.6 Å². The highest BCUT2D eigenvalue weighted by molar-refractivity contribution is 6.77. The molecule has 0 aliphatic carbocycles. The first-order valence-corrected chi connectivity index (χ1v) is 8.96. The molecule has 3 heteroatoms. The zero-order valence-electron chi connectivity index (χ0n) is 10.5. The summed E-state index contributed by atoms with van der Waals surface area (Å²) in [4.78, 5) is 0. The highest BCUT2D eigenvalue weighted by Gasteiger charge is 2.28. The van der Waals surface area contributed by atoms with Gasteiger partial charge < -0.3 is 10.2 Å². The normalized spacial score (nSPS) is 18.0. The van der Waals surface area contributed by atoms with E-state index in [9.17, 15) is 10.2 Å². The number of aliphatic hydroxyl groups excluding tert-OH is 2. The summed E-state index contributed by atoms with van der Waals surface area (Å²) in [7, 11) is -1.50. The minimum atomic E-state index is -1.50. The second-order valence-electron chi connectivity index (χ2n) is 6.54. The van der Waals surface area contributed by atoms with Crippen LogP contribution in [-0.4, -0.2) is 30.1 Å². The molecule has 0 heterocycles. The molecule has 2 N–H and O–H groups in total. The van der Waals surface area contributed by atoms with E-state index < -0.39 is 8.07 Å². The Balaban J connectivity index is 4.01. The van der Waals surface area contributed by atoms with E-state index in [-0.39, 0.29) is 17.2 Å². The molecule has 0 bridgehead atoms. The smallest absolute Gasteiger partial charge is 0.0782 e. The molecule has 2 atom stereocenters. The van der Waals surface area contributed by atoms with Gasteiger partial charge in [-0.15, -0.1) is 0 Å². The van der Waals surface area contributed by atoms with Crippen molar-refractivity contribution in [3.63, 3.8) is 0 Å². The van der Waals surface area contributed by atoms with Gasteiger partial charge in [-0.05, 0) is 18.3 Å². The summed E-state index contributed by atoms with van der Waals surface area (Å²) in [5.41, 5.74) is -0.154. The molecule has 0 radical (unpaired) electrons. The van der Waals surface area contributed by atoms with Gasteiger partial charge in [0.05, 0.1) is 14.2 Å². The fourth-order valence-corrected chi connectivity index (χ4v) is 2.38. The Morgan fingerprint density at radius 1 is 1.07 bits per heavy atom. The van der Waals surface area contributed by atoms with Crippen LogP contribution in [0.15, 0.2) is 0 Å². The molecule has 0 aromatic heterocycles. The van der Waals surface area contributed by atoms with Crippen LogP contribution in [0.4, 0.5) is 0 Å². The van der Waals surface area contributed by atoms with Gasteiger partial charge in [-0.3, -0.25) is 0 Å². The summed E-state index contributed by atoms with van der Waals surface area (Å²) in [5, 5.41) is 19.6. The molecule has 0 aromatic rings. The Morgan fingerprint density at radius 3 is 1.79 bits per heavy atom. The van der Waals surface area contributed by atoms with Gasteiger partial charge in [0.2, 0.25) is 0 Å². The molecule has 0 saturated carbocycles. The molecule has 0 saturated heterocycles. The summed E-state index contributed by atoms with van der Waals surface area (Å²) in [6.45, 7) is 12.7. The monoisotopic (exact) mass is 218 g/mol. The molecular weight excluding hydrogens is 192 g/mol. The van der Waals surface area contributed by atoms with Gasteiger partial charge in [-0.1, -0.05) is 40.4 Å². The van der Waals surface area contributed by atoms with Crippen molar-refractivity contribution < 1.29 is 10.2 Å². The second-order valence-corrected chi connectivity index (χ2v) is 11.9. The average Bonchev–Trinajstić information content (AvgIpc) is 1.79. The molecule has 0 aromatic carbocycles. The number of rotatable bonds is 4. The van der Waals surface area contributed by atoms with Crippen LogP contribution in [0, 0.1) is 5.41 Å². The Bertz CT molecular complexity index is 167. The number of hydrogen-bond acceptors (Lipinski definition) is 2. The first-order chi connectivity index (χ1) is 6.02. The maximum absolute atomic E-state index is 9.85. The van der Waals surface area contributed by atoms with Crippen LogP contribution in [0.3, 0.4) is 0 Å². The van der Waals surface area contributed by atoms with Crippen molar-refractivity contribution in [2.45, 2.75) is 65.1 Å². The van der Waals surface area contributed by atoms with Crippen molar-refractivity contribution in [1.29, 1.82) is 0 Å². The first-order valence-electron chi connectivity index (χ1n) is 5.38. The van der Waals surface area contributed by atoms with Gasteiger partial charge in [0.25, 0.3) is 0 Å². The van der Waals surface area contributed by atoms with Gasteiger partial charge in [-0.25, -0.2) is 0 Å². The number of hydrogen-bond donors (Lipinski definition) is 2. The van der Waals surface area contributed by atoms with E-state index >= 15 is 0 Å². The van der Waals surface area contributed by atoms with Gasteiger partial charge in [0, 0.05) is 5.73 Å². The van der Waals surface area contributed by atoms with Crippen LogP contribution in [0.25, 0.3) is 0 Å². The standard InChI is InChI=1S/C11H26O2Si/c1-11(2,3)8-9(12)7-10(13)14(4,5)6/h9-10,12-13H,7-8H2,1-6H3. The lowest BCUT2D eigenvalue weighted by molar-refractivity contribution is 0.0787. The zero-order valence-corrected chi connectivity index (χ0v) is 11.5. The van der Waals surface area contributed by atoms with Gasteiger partial charge >= 0.3 is 0 Å². The molecule has 0 aliphatic heterocycles. The Hall–Kier alpha value is 0.137. The largest absolute Gasteiger partial charge is 0.396 e. The Kier molecular flexibility index (Phi) is 4.82. The molecule has 86 valence electrons. The highest BCUT2D eigenvalue weighted by atomic mass is 28.3. The summed E-state index contributed by atoms with van der Waals surface area (Å²) in [6, 6.07) is 0. The third-order valence-corrected chi connectivity index (χ3v) is 4.58. The van der Waals surface area contributed by atoms with Crippen molar-refractivity contribution in [2.24, 2.45) is 5.41 Å². The van der Waals surface area contributed by atoms with Crippen LogP contribution in [0.5, 0.6) is 0 Å². The first kappa shape index (κ1) is 14.1. The van der Waals surface area contributed by atoms with Gasteiger partial charge in [-0.2, -0.15) is 0 Å². The van der Waals surface area contributed by atoms with E-state index in [2.05, 4.69) is 40.4 Å². The fraction of sp³-hybridized carbons (Fsp3) is 1.00. The van der Waals surface area contributed by atoms with Crippen molar-refractivity contribution in [2.75, 3.05) is 0 Å². The molecule has 14 heavy (non-hydrogen) atoms. The fourth-order valence-electron chi connectivity index (χ4n) is 1.40. The van der Waals surface area contributed by atoms with Gasteiger partial charge in [0.15, 0.2) is 0 Å². The van der Waals surface area contributed by atoms with Crippen LogP contribution >= 0.6 is 0 Å². The van der Waals surface area contributed by atoms with E-state index in [1.54, 1.807) is 0 Å². The van der Waals surface area contributed by atoms with Crippen LogP contribution < -0.4 is 0 Å². The van der Waals surface area contributed by atoms with Crippen molar-refractivity contribution in [3.05, 3.63) is 0 Å². The minimum Gasteiger partial charge on any atom is -0.396 e. The van der Waals surface area contributed by atoms with Crippen molar-refractivity contribution in [3.8, 4) is 0 Å². The molecule has 0 rings (SSSR count). The van der Waals surface area contributed by atoms with E-state index in [0.29, 0.717) is 6.42 Å². The van der Waals surface area contributed by atoms with Gasteiger partial charge in [0.1, 0.15) is 0 Å². The average molecular weight is 218 g/mol. The zero-order chi connectivity index (χ0) is 11.6. The highest BCUT2D eigenvalue weighted by Crippen LogP contribution is 2.24. The SMILES string of the molecule is CC(C)(C)CC(O)CC(O)[Si](C)(C)C. The van der Waals surface area contributed by atoms with Crippen molar-refractivity contribution >= 4 is 8.07 Å². The predicted molar refractivity (Wildman–Crippen MR) is 64.0 cm³/mol. The van der Waals surface area contributed by atoms with Crippen molar-refractivity contribution in [1.82, 2.24) is 0 Å². The lowest BCUT2D eigenvalue weighted by Crippen LogP contribution is -2.41. The topological polar surface area (TPSA) is 40.5 Å².